The van der Waals surface area contributed by atoms with Gasteiger partial charge in [-0.15, -0.1) is 101 Å². The van der Waals surface area contributed by atoms with Crippen LogP contribution in [0.15, 0.2) is 188 Å². The summed E-state index contributed by atoms with van der Waals surface area (Å²) in [6.07, 6.45) is 6.88. The number of carbonyl (C=O) groups excluding carboxylic acids is 1. The molecule has 0 spiro atoms. The molecule has 0 unspecified atom stereocenters. The third-order valence-electron chi connectivity index (χ3n) is 9.96. The van der Waals surface area contributed by atoms with Crippen molar-refractivity contribution in [1.29, 1.82) is 0 Å². The summed E-state index contributed by atoms with van der Waals surface area (Å²) in [7, 11) is -2.53. The van der Waals surface area contributed by atoms with Crippen molar-refractivity contribution >= 4 is 32.3 Å². The number of aromatic nitrogens is 3. The third-order valence-corrected chi connectivity index (χ3v) is 14.1. The molecule has 342 valence electrons. The first-order valence-electron chi connectivity index (χ1n) is 21.4. The molecule has 5 aromatic carbocycles. The molecule has 0 aliphatic carbocycles. The Hall–Kier alpha value is -5.51. The van der Waals surface area contributed by atoms with Crippen LogP contribution in [0.3, 0.4) is 0 Å². The standard InChI is InChI=1S/C21H22NSi.C20H20NSi.C11H8N.C5H8O2.2Ir/c1-16-8-13-21(22-15-16)19-7-5-6-18(14-19)17-9-11-20(12-10-17)23(2,3)4;1-22(2,3)19-13-14-20(21-15-19)18-11-9-17(10-12-18)16-7-5-4-6-8-16;1-2-6-10(7-3-1)11-8-4-5-9-12-11;1-4(6)3-5(2)7;;/h5-6,8-15H,1-4H3;4-11,13-15H,1-3H3;1-6,8-9H;3,6H,1-2H3;;/q3*-1;;;. The largest absolute Gasteiger partial charge is 0.512 e. The van der Waals surface area contributed by atoms with Gasteiger partial charge in [-0.25, -0.2) is 0 Å². The Bertz CT molecular complexity index is 2640. The Morgan fingerprint density at radius 2 is 1.08 bits per heavy atom. The van der Waals surface area contributed by atoms with Gasteiger partial charge in [0.05, 0.1) is 21.9 Å². The molecule has 0 fully saturated rings. The monoisotopic (exact) mass is 1260 g/mol. The van der Waals surface area contributed by atoms with E-state index in [1.165, 1.54) is 58.1 Å². The van der Waals surface area contributed by atoms with Gasteiger partial charge >= 0.3 is 0 Å². The molecular formula is C57H58Ir2N3O2Si2-3. The van der Waals surface area contributed by atoms with E-state index in [1.54, 1.807) is 6.20 Å². The number of rotatable bonds is 8. The maximum atomic E-state index is 10.0. The molecule has 0 saturated carbocycles. The van der Waals surface area contributed by atoms with Crippen molar-refractivity contribution in [1.82, 2.24) is 15.0 Å². The molecule has 2 radical (unpaired) electrons. The summed E-state index contributed by atoms with van der Waals surface area (Å²) in [6, 6.07) is 63.9. The molecule has 0 aliphatic rings. The van der Waals surface area contributed by atoms with E-state index < -0.39 is 16.1 Å². The van der Waals surface area contributed by atoms with Crippen LogP contribution in [0, 0.1) is 25.1 Å². The van der Waals surface area contributed by atoms with Gasteiger partial charge in [0.15, 0.2) is 5.78 Å². The van der Waals surface area contributed by atoms with Gasteiger partial charge in [-0.05, 0) is 60.2 Å². The van der Waals surface area contributed by atoms with Crippen molar-refractivity contribution in [2.75, 3.05) is 0 Å². The minimum absolute atomic E-state index is 0. The normalized spacial score (nSPS) is 10.8. The van der Waals surface area contributed by atoms with E-state index in [-0.39, 0.29) is 51.8 Å². The second kappa shape index (κ2) is 26.6. The number of aryl methyl sites for hydroxylation is 1. The van der Waals surface area contributed by atoms with E-state index in [0.29, 0.717) is 0 Å². The van der Waals surface area contributed by atoms with Crippen LogP contribution in [0.5, 0.6) is 0 Å². The number of nitrogens with zero attached hydrogens (tertiary/aromatic N) is 3. The molecule has 0 aliphatic heterocycles. The summed E-state index contributed by atoms with van der Waals surface area (Å²) in [5.74, 6) is -0.0625. The Morgan fingerprint density at radius 1 is 0.515 bits per heavy atom. The summed E-state index contributed by atoms with van der Waals surface area (Å²) in [6.45, 7) is 19.0. The first-order chi connectivity index (χ1) is 30.6. The van der Waals surface area contributed by atoms with Crippen LogP contribution in [0.1, 0.15) is 19.4 Å². The molecule has 9 heteroatoms. The van der Waals surface area contributed by atoms with E-state index >= 15 is 0 Å². The van der Waals surface area contributed by atoms with Gasteiger partial charge < -0.3 is 20.1 Å². The fraction of sp³-hybridized carbons (Fsp3) is 0.158. The smallest absolute Gasteiger partial charge is 0.155 e. The fourth-order valence-electron chi connectivity index (χ4n) is 6.34. The third kappa shape index (κ3) is 17.7. The van der Waals surface area contributed by atoms with Gasteiger partial charge in [0, 0.05) is 64.9 Å². The van der Waals surface area contributed by atoms with Gasteiger partial charge in [-0.3, -0.25) is 4.79 Å². The maximum Gasteiger partial charge on any atom is 0.155 e. The van der Waals surface area contributed by atoms with Crippen molar-refractivity contribution in [2.45, 2.75) is 60.1 Å². The van der Waals surface area contributed by atoms with E-state index in [4.69, 9.17) is 5.11 Å². The van der Waals surface area contributed by atoms with Crippen LogP contribution in [0.25, 0.3) is 56.0 Å². The van der Waals surface area contributed by atoms with Crippen LogP contribution in [-0.4, -0.2) is 42.0 Å². The number of hydrogen-bond donors (Lipinski definition) is 1. The molecule has 0 bridgehead atoms. The van der Waals surface area contributed by atoms with Crippen LogP contribution in [0.2, 0.25) is 39.3 Å². The molecule has 0 saturated heterocycles. The molecule has 5 nitrogen and oxygen atoms in total. The van der Waals surface area contributed by atoms with E-state index in [9.17, 15) is 4.79 Å². The topological polar surface area (TPSA) is 76.0 Å². The van der Waals surface area contributed by atoms with Crippen LogP contribution in [0.4, 0.5) is 0 Å². The second-order valence-corrected chi connectivity index (χ2v) is 27.6. The zero-order valence-corrected chi connectivity index (χ0v) is 46.0. The molecule has 8 aromatic rings. The number of carbonyl (C=O) groups is 1. The summed E-state index contributed by atoms with van der Waals surface area (Å²) >= 11 is 0. The average Bonchev–Trinajstić information content (AvgIpc) is 3.30. The van der Waals surface area contributed by atoms with Crippen molar-refractivity contribution in [3.63, 3.8) is 0 Å². The predicted molar refractivity (Wildman–Crippen MR) is 274 cm³/mol. The van der Waals surface area contributed by atoms with Crippen molar-refractivity contribution in [3.05, 3.63) is 212 Å². The van der Waals surface area contributed by atoms with Crippen molar-refractivity contribution in [2.24, 2.45) is 0 Å². The van der Waals surface area contributed by atoms with E-state index in [1.807, 2.05) is 73.1 Å². The summed E-state index contributed by atoms with van der Waals surface area (Å²) < 4.78 is 0. The molecule has 8 rings (SSSR count). The molecule has 66 heavy (non-hydrogen) atoms. The Kier molecular flexibility index (Phi) is 22.1. The predicted octanol–water partition coefficient (Wildman–Crippen LogP) is 13.4. The summed E-state index contributed by atoms with van der Waals surface area (Å²) in [5.41, 5.74) is 12.1. The molecule has 0 amide bonds. The maximum absolute atomic E-state index is 10.0. The number of allylic oxidation sites excluding steroid dienone is 2. The number of pyridine rings is 3. The molecule has 0 atom stereocenters. The molecular weight excluding hydrogens is 1200 g/mol. The molecule has 3 aromatic heterocycles. The van der Waals surface area contributed by atoms with Gasteiger partial charge in [0.2, 0.25) is 0 Å². The summed E-state index contributed by atoms with van der Waals surface area (Å²) in [5, 5.41) is 11.2. The first-order valence-corrected chi connectivity index (χ1v) is 28.4. The van der Waals surface area contributed by atoms with Gasteiger partial charge in [-0.2, -0.15) is 0 Å². The number of hydrogen-bond acceptors (Lipinski definition) is 5. The minimum Gasteiger partial charge on any atom is -0.512 e. The number of benzene rings is 5. The van der Waals surface area contributed by atoms with Crippen molar-refractivity contribution < 1.29 is 50.1 Å². The fourth-order valence-corrected chi connectivity index (χ4v) is 8.55. The van der Waals surface area contributed by atoms with Gasteiger partial charge in [-0.1, -0.05) is 147 Å². The Morgan fingerprint density at radius 3 is 1.59 bits per heavy atom. The van der Waals surface area contributed by atoms with Gasteiger partial charge in [0.1, 0.15) is 0 Å². The van der Waals surface area contributed by atoms with Crippen LogP contribution < -0.4 is 10.4 Å². The molecule has 3 heterocycles. The minimum atomic E-state index is -1.28. The Balaban J connectivity index is 0.000000250. The van der Waals surface area contributed by atoms with E-state index in [0.717, 1.165) is 33.8 Å². The Labute approximate surface area is 422 Å². The van der Waals surface area contributed by atoms with Gasteiger partial charge in [0.25, 0.3) is 0 Å². The zero-order chi connectivity index (χ0) is 46.1. The number of aliphatic hydroxyl groups excluding tert-OH is 1. The SMILES string of the molecule is CC(=O)C=C(C)O.C[Si](C)(C)c1ccc(-c2[c-]cc(-c3ccccc3)cc2)nc1.Cc1ccc(-c2[c-]ccc(-c3ccc([Si](C)(C)C)cc3)c2)nc1.[Ir].[Ir].[c-]1ccccc1-c1ccccn1. The van der Waals surface area contributed by atoms with Crippen LogP contribution in [-0.2, 0) is 45.0 Å². The quantitative estimate of drug-likeness (QED) is 0.0710. The number of ketones is 1. The second-order valence-electron chi connectivity index (χ2n) is 17.5. The average molecular weight is 1260 g/mol. The van der Waals surface area contributed by atoms with Crippen molar-refractivity contribution in [3.8, 4) is 56.0 Å². The first kappa shape index (κ1) is 54.8. The van der Waals surface area contributed by atoms with E-state index in [2.05, 4.69) is 176 Å². The zero-order valence-electron chi connectivity index (χ0n) is 39.2. The number of aliphatic hydroxyl groups is 1. The summed E-state index contributed by atoms with van der Waals surface area (Å²) in [4.78, 5) is 23.4. The molecule has 1 N–H and O–H groups in total. The van der Waals surface area contributed by atoms with Crippen LogP contribution >= 0.6 is 0 Å².